The minimum Gasteiger partial charge on any atom is -0.494 e. The van der Waals surface area contributed by atoms with E-state index in [-0.39, 0.29) is 18.9 Å². The van der Waals surface area contributed by atoms with Gasteiger partial charge in [-0.1, -0.05) is 40.2 Å². The number of methoxy groups -OCH3 is 2. The predicted octanol–water partition coefficient (Wildman–Crippen LogP) is 4.88. The smallest absolute Gasteiger partial charge is 0.266 e. The Morgan fingerprint density at radius 2 is 1.83 bits per heavy atom. The molecule has 3 aromatic carbocycles. The van der Waals surface area contributed by atoms with E-state index in [1.54, 1.807) is 20.3 Å². The number of amides is 1. The number of hydrogen-bond acceptors (Lipinski definition) is 8. The van der Waals surface area contributed by atoms with Gasteiger partial charge in [-0.05, 0) is 59.7 Å². The van der Waals surface area contributed by atoms with Crippen LogP contribution in [0.15, 0.2) is 88.9 Å². The molecular weight excluding hydrogens is 590 g/mol. The summed E-state index contributed by atoms with van der Waals surface area (Å²) < 4.78 is 23.7. The number of ether oxygens (including phenoxy) is 4. The Morgan fingerprint density at radius 1 is 1.10 bits per heavy atom. The lowest BCUT2D eigenvalue weighted by Crippen LogP contribution is -2.52. The third-order valence-electron chi connectivity index (χ3n) is 6.60. The first-order valence-corrected chi connectivity index (χ1v) is 13.9. The van der Waals surface area contributed by atoms with Gasteiger partial charge in [-0.15, -0.1) is 6.58 Å². The van der Waals surface area contributed by atoms with E-state index in [0.29, 0.717) is 48.3 Å². The first-order valence-electron chi connectivity index (χ1n) is 13.1. The highest BCUT2D eigenvalue weighted by Crippen LogP contribution is 2.43. The maximum Gasteiger partial charge on any atom is 0.266 e. The van der Waals surface area contributed by atoms with E-state index < -0.39 is 11.6 Å². The number of carbonyl (C=O) groups excluding carboxylic acids is 1. The highest BCUT2D eigenvalue weighted by Gasteiger charge is 2.52. The number of benzene rings is 3. The largest absolute Gasteiger partial charge is 0.494 e. The van der Waals surface area contributed by atoms with Crippen molar-refractivity contribution >= 4 is 27.7 Å². The lowest BCUT2D eigenvalue weighted by Gasteiger charge is -2.29. The topological polar surface area (TPSA) is 111 Å². The molecule has 1 amide bonds. The van der Waals surface area contributed by atoms with Crippen LogP contribution in [0.5, 0.6) is 17.2 Å². The molecule has 216 valence electrons. The Kier molecular flexibility index (Phi) is 10.4. The number of halogens is 1. The molecule has 0 radical (unpaired) electrons. The molecule has 10 heteroatoms. The summed E-state index contributed by atoms with van der Waals surface area (Å²) in [5.74, 6) is 1.87. The Bertz CT molecular complexity index is 1360. The van der Waals surface area contributed by atoms with Crippen LogP contribution in [0, 0.1) is 0 Å². The summed E-state index contributed by atoms with van der Waals surface area (Å²) in [4.78, 5) is 18.8. The van der Waals surface area contributed by atoms with Gasteiger partial charge in [-0.3, -0.25) is 10.2 Å². The van der Waals surface area contributed by atoms with Crippen molar-refractivity contribution in [2.45, 2.75) is 31.0 Å². The summed E-state index contributed by atoms with van der Waals surface area (Å²) in [7, 11) is 3.16. The van der Waals surface area contributed by atoms with Crippen molar-refractivity contribution in [3.8, 4) is 17.2 Å². The molecule has 0 aliphatic carbocycles. The van der Waals surface area contributed by atoms with Gasteiger partial charge in [0.2, 0.25) is 5.90 Å². The molecule has 3 N–H and O–H groups in total. The average Bonchev–Trinajstić information content (AvgIpc) is 3.38. The molecule has 1 aliphatic heterocycles. The summed E-state index contributed by atoms with van der Waals surface area (Å²) in [5, 5.41) is 8.99. The molecular formula is C31H34BrN3O6. The standard InChI is InChI=1S/C31H34BrN3O6/c1-4-16-31(30(37)35-33-20-21-6-15-26(38-2)27(19-21)39-3)28(22-7-11-24(32)12-8-22)41-29(34-31)23-9-13-25(14-10-23)40-18-5-17-36/h4,6-15,19,28,33,36H,1,5,16-18,20H2,2-3H3,(H,35,37)/t28-,31-/m0/s1. The molecule has 9 nitrogen and oxygen atoms in total. The number of hydrogen-bond donors (Lipinski definition) is 3. The van der Waals surface area contributed by atoms with Crippen LogP contribution in [-0.4, -0.2) is 49.9 Å². The highest BCUT2D eigenvalue weighted by molar-refractivity contribution is 9.10. The molecule has 1 aliphatic rings. The van der Waals surface area contributed by atoms with Crippen LogP contribution < -0.4 is 25.1 Å². The molecule has 0 spiro atoms. The number of nitrogens with one attached hydrogen (secondary N) is 2. The van der Waals surface area contributed by atoms with Crippen LogP contribution in [0.3, 0.4) is 0 Å². The Balaban J connectivity index is 1.59. The molecule has 4 rings (SSSR count). The van der Waals surface area contributed by atoms with Gasteiger partial charge in [0.15, 0.2) is 23.1 Å². The minimum absolute atomic E-state index is 0.0662. The van der Waals surface area contributed by atoms with Crippen LogP contribution in [0.4, 0.5) is 0 Å². The summed E-state index contributed by atoms with van der Waals surface area (Å²) in [5.41, 5.74) is 6.94. The second kappa shape index (κ2) is 14.2. The summed E-state index contributed by atoms with van der Waals surface area (Å²) in [6, 6.07) is 20.5. The van der Waals surface area contributed by atoms with Gasteiger partial charge < -0.3 is 24.1 Å². The maximum atomic E-state index is 13.9. The summed E-state index contributed by atoms with van der Waals surface area (Å²) in [6.45, 7) is 4.73. The molecule has 0 saturated carbocycles. The second-order valence-electron chi connectivity index (χ2n) is 9.33. The number of aliphatic imine (C=N–C) groups is 1. The molecule has 0 aromatic heterocycles. The lowest BCUT2D eigenvalue weighted by molar-refractivity contribution is -0.129. The van der Waals surface area contributed by atoms with Crippen LogP contribution in [0.25, 0.3) is 0 Å². The lowest BCUT2D eigenvalue weighted by atomic mass is 9.84. The van der Waals surface area contributed by atoms with Crippen LogP contribution in [0.1, 0.15) is 35.6 Å². The van der Waals surface area contributed by atoms with E-state index in [1.165, 1.54) is 0 Å². The van der Waals surface area contributed by atoms with Gasteiger partial charge in [0.05, 0.1) is 20.8 Å². The highest BCUT2D eigenvalue weighted by atomic mass is 79.9. The second-order valence-corrected chi connectivity index (χ2v) is 10.2. The molecule has 0 fully saturated rings. The van der Waals surface area contributed by atoms with E-state index in [1.807, 2.05) is 66.7 Å². The van der Waals surface area contributed by atoms with Crippen molar-refractivity contribution < 1.29 is 28.8 Å². The van der Waals surface area contributed by atoms with E-state index in [0.717, 1.165) is 15.6 Å². The first kappa shape index (κ1) is 30.1. The molecule has 1 heterocycles. The van der Waals surface area contributed by atoms with Gasteiger partial charge in [0.1, 0.15) is 5.75 Å². The third-order valence-corrected chi connectivity index (χ3v) is 7.13. The van der Waals surface area contributed by atoms with E-state index in [9.17, 15) is 4.79 Å². The number of hydrazine groups is 1. The SMILES string of the molecule is C=CC[C@]1(C(=O)NNCc2ccc(OC)c(OC)c2)N=C(c2ccc(OCCCO)cc2)O[C@H]1c1ccc(Br)cc1. The zero-order valence-corrected chi connectivity index (χ0v) is 24.6. The fourth-order valence-corrected chi connectivity index (χ4v) is 4.76. The van der Waals surface area contributed by atoms with Gasteiger partial charge in [0, 0.05) is 36.0 Å². The van der Waals surface area contributed by atoms with Crippen molar-refractivity contribution in [3.05, 3.63) is 101 Å². The van der Waals surface area contributed by atoms with Gasteiger partial charge >= 0.3 is 0 Å². The summed E-state index contributed by atoms with van der Waals surface area (Å²) in [6.07, 6.45) is 1.76. The average molecular weight is 625 g/mol. The molecule has 41 heavy (non-hydrogen) atoms. The number of aliphatic hydroxyl groups is 1. The Labute approximate surface area is 248 Å². The van der Waals surface area contributed by atoms with E-state index in [2.05, 4.69) is 33.4 Å². The number of nitrogens with zero attached hydrogens (tertiary/aromatic N) is 1. The van der Waals surface area contributed by atoms with Crippen molar-refractivity contribution in [1.29, 1.82) is 0 Å². The van der Waals surface area contributed by atoms with Gasteiger partial charge in [0.25, 0.3) is 5.91 Å². The molecule has 2 atom stereocenters. The molecule has 0 saturated heterocycles. The van der Waals surface area contributed by atoms with Gasteiger partial charge in [-0.2, -0.15) is 0 Å². The fourth-order valence-electron chi connectivity index (χ4n) is 4.50. The quantitative estimate of drug-likeness (QED) is 0.133. The van der Waals surface area contributed by atoms with Gasteiger partial charge in [-0.25, -0.2) is 10.4 Å². The predicted molar refractivity (Wildman–Crippen MR) is 160 cm³/mol. The van der Waals surface area contributed by atoms with Crippen LogP contribution in [0.2, 0.25) is 0 Å². The monoisotopic (exact) mass is 623 g/mol. The first-order chi connectivity index (χ1) is 19.9. The van der Waals surface area contributed by atoms with E-state index in [4.69, 9.17) is 29.0 Å². The van der Waals surface area contributed by atoms with Crippen LogP contribution >= 0.6 is 15.9 Å². The van der Waals surface area contributed by atoms with E-state index >= 15 is 0 Å². The molecule has 0 bridgehead atoms. The normalized spacial score (nSPS) is 17.8. The Morgan fingerprint density at radius 3 is 2.49 bits per heavy atom. The zero-order valence-electron chi connectivity index (χ0n) is 23.1. The third kappa shape index (κ3) is 7.08. The van der Waals surface area contributed by atoms with Crippen molar-refractivity contribution in [2.75, 3.05) is 27.4 Å². The number of aliphatic hydroxyl groups excluding tert-OH is 1. The molecule has 0 unspecified atom stereocenters. The number of carbonyl (C=O) groups is 1. The van der Waals surface area contributed by atoms with Crippen molar-refractivity contribution in [3.63, 3.8) is 0 Å². The fraction of sp³-hybridized carbons (Fsp3) is 0.290. The van der Waals surface area contributed by atoms with Crippen molar-refractivity contribution in [1.82, 2.24) is 10.9 Å². The number of rotatable bonds is 14. The molecule has 3 aromatic rings. The van der Waals surface area contributed by atoms with Crippen molar-refractivity contribution in [2.24, 2.45) is 4.99 Å². The zero-order chi connectivity index (χ0) is 29.2. The Hall–Kier alpha value is -3.86. The summed E-state index contributed by atoms with van der Waals surface area (Å²) >= 11 is 3.48. The van der Waals surface area contributed by atoms with Crippen LogP contribution in [-0.2, 0) is 16.1 Å². The minimum atomic E-state index is -1.31. The maximum absolute atomic E-state index is 13.9.